The summed E-state index contributed by atoms with van der Waals surface area (Å²) in [6.07, 6.45) is 0. The van der Waals surface area contributed by atoms with Crippen LogP contribution in [0, 0.1) is 0 Å². The highest BCUT2D eigenvalue weighted by Gasteiger charge is 2.20. The molecule has 0 atom stereocenters. The average Bonchev–Trinajstić information content (AvgIpc) is 2.63. The van der Waals surface area contributed by atoms with Crippen LogP contribution in [0.15, 0.2) is 78.9 Å². The Morgan fingerprint density at radius 2 is 1.09 bits per heavy atom. The van der Waals surface area contributed by atoms with Gasteiger partial charge in [0.25, 0.3) is 0 Å². The standard InChI is InChI=1S/C21H14O2/c22-20(14-8-2-1-3-9-14)19-17-12-6-4-10-15(17)16-11-5-7-13-18(16)21(19)23/h1-13,23H. The number of benzene rings is 4. The molecular weight excluding hydrogens is 284 g/mol. The summed E-state index contributed by atoms with van der Waals surface area (Å²) in [5.41, 5.74) is 0.939. The summed E-state index contributed by atoms with van der Waals surface area (Å²) in [4.78, 5) is 13.0. The molecule has 2 nitrogen and oxygen atoms in total. The van der Waals surface area contributed by atoms with Crippen molar-refractivity contribution >= 4 is 27.3 Å². The number of phenolic OH excluding ortho intramolecular Hbond substituents is 1. The summed E-state index contributed by atoms with van der Waals surface area (Å²) in [6.45, 7) is 0. The molecule has 1 N–H and O–H groups in total. The fraction of sp³-hybridized carbons (Fsp3) is 0. The van der Waals surface area contributed by atoms with Crippen molar-refractivity contribution in [2.45, 2.75) is 0 Å². The first-order chi connectivity index (χ1) is 11.3. The molecule has 2 heteroatoms. The van der Waals surface area contributed by atoms with E-state index in [0.29, 0.717) is 16.5 Å². The van der Waals surface area contributed by atoms with Gasteiger partial charge in [0.05, 0.1) is 5.56 Å². The molecule has 23 heavy (non-hydrogen) atoms. The highest BCUT2D eigenvalue weighted by Crippen LogP contribution is 2.38. The largest absolute Gasteiger partial charge is 0.507 e. The fourth-order valence-corrected chi connectivity index (χ4v) is 3.09. The first-order valence-electron chi connectivity index (χ1n) is 7.49. The molecule has 0 saturated heterocycles. The van der Waals surface area contributed by atoms with Gasteiger partial charge in [0.1, 0.15) is 5.75 Å². The zero-order chi connectivity index (χ0) is 15.8. The van der Waals surface area contributed by atoms with E-state index in [1.165, 1.54) is 0 Å². The van der Waals surface area contributed by atoms with Crippen molar-refractivity contribution in [1.82, 2.24) is 0 Å². The maximum atomic E-state index is 13.0. The van der Waals surface area contributed by atoms with E-state index < -0.39 is 0 Å². The first kappa shape index (κ1) is 13.5. The van der Waals surface area contributed by atoms with E-state index in [1.807, 2.05) is 66.7 Å². The highest BCUT2D eigenvalue weighted by atomic mass is 16.3. The number of carbonyl (C=O) groups excluding carboxylic acids is 1. The maximum absolute atomic E-state index is 13.0. The number of aromatic hydroxyl groups is 1. The minimum absolute atomic E-state index is 0.0492. The third-order valence-corrected chi connectivity index (χ3v) is 4.17. The van der Waals surface area contributed by atoms with Crippen molar-refractivity contribution in [2.24, 2.45) is 0 Å². The minimum atomic E-state index is -0.162. The van der Waals surface area contributed by atoms with Crippen LogP contribution in [-0.2, 0) is 0 Å². The molecule has 0 aliphatic rings. The Labute approximate surface area is 133 Å². The number of fused-ring (bicyclic) bond motifs is 3. The van der Waals surface area contributed by atoms with Gasteiger partial charge in [0, 0.05) is 10.9 Å². The van der Waals surface area contributed by atoms with Crippen LogP contribution in [0.4, 0.5) is 0 Å². The summed E-state index contributed by atoms with van der Waals surface area (Å²) in [5, 5.41) is 14.2. The topological polar surface area (TPSA) is 37.3 Å². The number of ketones is 1. The van der Waals surface area contributed by atoms with Gasteiger partial charge >= 0.3 is 0 Å². The summed E-state index contributed by atoms with van der Waals surface area (Å²) in [7, 11) is 0. The lowest BCUT2D eigenvalue weighted by Gasteiger charge is -2.12. The second-order valence-corrected chi connectivity index (χ2v) is 5.51. The molecule has 0 aliphatic heterocycles. The van der Waals surface area contributed by atoms with Crippen LogP contribution in [0.2, 0.25) is 0 Å². The van der Waals surface area contributed by atoms with E-state index in [1.54, 1.807) is 12.1 Å². The molecular formula is C21H14O2. The lowest BCUT2D eigenvalue weighted by Crippen LogP contribution is -2.03. The number of phenols is 1. The van der Waals surface area contributed by atoms with Gasteiger partial charge in [-0.05, 0) is 16.2 Å². The van der Waals surface area contributed by atoms with E-state index >= 15 is 0 Å². The number of carbonyl (C=O) groups is 1. The first-order valence-corrected chi connectivity index (χ1v) is 7.49. The molecule has 110 valence electrons. The predicted molar refractivity (Wildman–Crippen MR) is 93.0 cm³/mol. The molecule has 0 saturated carbocycles. The van der Waals surface area contributed by atoms with Crippen LogP contribution in [0.25, 0.3) is 21.5 Å². The molecule has 4 aromatic carbocycles. The Kier molecular flexibility index (Phi) is 3.09. The Balaban J connectivity index is 2.13. The van der Waals surface area contributed by atoms with E-state index in [2.05, 4.69) is 0 Å². The van der Waals surface area contributed by atoms with Crippen molar-refractivity contribution in [3.8, 4) is 5.75 Å². The number of hydrogen-bond donors (Lipinski definition) is 1. The lowest BCUT2D eigenvalue weighted by atomic mass is 9.91. The highest BCUT2D eigenvalue weighted by molar-refractivity contribution is 6.24. The molecule has 0 spiro atoms. The zero-order valence-corrected chi connectivity index (χ0v) is 12.4. The summed E-state index contributed by atoms with van der Waals surface area (Å²) < 4.78 is 0. The van der Waals surface area contributed by atoms with Crippen LogP contribution in [0.1, 0.15) is 15.9 Å². The quantitative estimate of drug-likeness (QED) is 0.421. The minimum Gasteiger partial charge on any atom is -0.507 e. The summed E-state index contributed by atoms with van der Waals surface area (Å²) in [6, 6.07) is 24.4. The Bertz CT molecular complexity index is 1030. The van der Waals surface area contributed by atoms with Gasteiger partial charge in [0.2, 0.25) is 0 Å². The monoisotopic (exact) mass is 298 g/mol. The molecule has 4 aromatic rings. The normalized spacial score (nSPS) is 11.0. The van der Waals surface area contributed by atoms with Crippen LogP contribution in [-0.4, -0.2) is 10.9 Å². The molecule has 0 radical (unpaired) electrons. The van der Waals surface area contributed by atoms with Gasteiger partial charge in [-0.2, -0.15) is 0 Å². The van der Waals surface area contributed by atoms with E-state index in [0.717, 1.165) is 16.2 Å². The Hall–Kier alpha value is -3.13. The molecule has 4 rings (SSSR count). The zero-order valence-electron chi connectivity index (χ0n) is 12.4. The summed E-state index contributed by atoms with van der Waals surface area (Å²) >= 11 is 0. The van der Waals surface area contributed by atoms with Gasteiger partial charge in [-0.3, -0.25) is 4.79 Å². The second-order valence-electron chi connectivity index (χ2n) is 5.51. The average molecular weight is 298 g/mol. The van der Waals surface area contributed by atoms with Crippen molar-refractivity contribution < 1.29 is 9.90 Å². The maximum Gasteiger partial charge on any atom is 0.197 e. The van der Waals surface area contributed by atoms with Crippen LogP contribution < -0.4 is 0 Å². The molecule has 0 aromatic heterocycles. The second kappa shape index (κ2) is 5.25. The van der Waals surface area contributed by atoms with Gasteiger partial charge in [-0.25, -0.2) is 0 Å². The molecule has 0 unspecified atom stereocenters. The molecule has 0 bridgehead atoms. The molecule has 0 amide bonds. The number of rotatable bonds is 2. The van der Waals surface area contributed by atoms with Gasteiger partial charge in [0.15, 0.2) is 5.78 Å². The van der Waals surface area contributed by atoms with Crippen molar-refractivity contribution in [1.29, 1.82) is 0 Å². The fourth-order valence-electron chi connectivity index (χ4n) is 3.09. The third-order valence-electron chi connectivity index (χ3n) is 4.17. The SMILES string of the molecule is O=C(c1ccccc1)c1c(O)c2ccccc2c2ccccc12. The van der Waals surface area contributed by atoms with Crippen LogP contribution in [0.5, 0.6) is 5.75 Å². The van der Waals surface area contributed by atoms with Crippen molar-refractivity contribution in [2.75, 3.05) is 0 Å². The van der Waals surface area contributed by atoms with Crippen molar-refractivity contribution in [3.63, 3.8) is 0 Å². The lowest BCUT2D eigenvalue weighted by molar-refractivity contribution is 0.103. The van der Waals surface area contributed by atoms with E-state index in [4.69, 9.17) is 0 Å². The molecule has 0 aliphatic carbocycles. The Morgan fingerprint density at radius 3 is 1.74 bits per heavy atom. The van der Waals surface area contributed by atoms with Crippen LogP contribution in [0.3, 0.4) is 0 Å². The van der Waals surface area contributed by atoms with Gasteiger partial charge < -0.3 is 5.11 Å². The van der Waals surface area contributed by atoms with Crippen LogP contribution >= 0.6 is 0 Å². The molecule has 0 fully saturated rings. The summed E-state index contributed by atoms with van der Waals surface area (Å²) in [5.74, 6) is -0.113. The van der Waals surface area contributed by atoms with Crippen molar-refractivity contribution in [3.05, 3.63) is 90.0 Å². The Morgan fingerprint density at radius 1 is 0.609 bits per heavy atom. The smallest absolute Gasteiger partial charge is 0.197 e. The van der Waals surface area contributed by atoms with Gasteiger partial charge in [-0.1, -0.05) is 78.9 Å². The number of hydrogen-bond acceptors (Lipinski definition) is 2. The van der Waals surface area contributed by atoms with Gasteiger partial charge in [-0.15, -0.1) is 0 Å². The van der Waals surface area contributed by atoms with E-state index in [9.17, 15) is 9.90 Å². The van der Waals surface area contributed by atoms with E-state index in [-0.39, 0.29) is 11.5 Å². The predicted octanol–water partition coefficient (Wildman–Crippen LogP) is 4.93. The third kappa shape index (κ3) is 2.08. The molecule has 0 heterocycles.